The Morgan fingerprint density at radius 1 is 1.42 bits per heavy atom. The number of anilines is 1. The van der Waals surface area contributed by atoms with Crippen LogP contribution in [0.1, 0.15) is 26.2 Å². The van der Waals surface area contributed by atoms with Gasteiger partial charge < -0.3 is 19.5 Å². The lowest BCUT2D eigenvalue weighted by molar-refractivity contribution is 0.190. The van der Waals surface area contributed by atoms with Gasteiger partial charge in [-0.3, -0.25) is 0 Å². The average Bonchev–Trinajstić information content (AvgIpc) is 3.02. The second-order valence-corrected chi connectivity index (χ2v) is 5.34. The van der Waals surface area contributed by atoms with Crippen LogP contribution in [-0.4, -0.2) is 53.8 Å². The van der Waals surface area contributed by atoms with Gasteiger partial charge in [0.05, 0.1) is 0 Å². The highest BCUT2D eigenvalue weighted by molar-refractivity contribution is 5.27. The van der Waals surface area contributed by atoms with Crippen molar-refractivity contribution < 1.29 is 4.74 Å². The predicted octanol–water partition coefficient (Wildman–Crippen LogP) is 1.82. The van der Waals surface area contributed by atoms with Gasteiger partial charge in [0.1, 0.15) is 0 Å². The summed E-state index contributed by atoms with van der Waals surface area (Å²) in [6.45, 7) is 7.56. The van der Waals surface area contributed by atoms with Gasteiger partial charge in [0.25, 0.3) is 0 Å². The molecular weight excluding hydrogens is 240 g/mol. The van der Waals surface area contributed by atoms with E-state index < -0.39 is 0 Å². The van der Waals surface area contributed by atoms with Gasteiger partial charge in [0.2, 0.25) is 5.95 Å². The number of aromatic nitrogens is 2. The number of methoxy groups -OCH3 is 1. The lowest BCUT2D eigenvalue weighted by Crippen LogP contribution is -2.33. The molecule has 1 atom stereocenters. The van der Waals surface area contributed by atoms with Gasteiger partial charge in [-0.25, -0.2) is 4.98 Å². The molecular formula is C14H26N4O. The minimum Gasteiger partial charge on any atom is -0.385 e. The summed E-state index contributed by atoms with van der Waals surface area (Å²) in [5.41, 5.74) is 0. The maximum Gasteiger partial charge on any atom is 0.203 e. The van der Waals surface area contributed by atoms with Crippen molar-refractivity contribution >= 4 is 5.95 Å². The van der Waals surface area contributed by atoms with Gasteiger partial charge in [-0.15, -0.1) is 0 Å². The summed E-state index contributed by atoms with van der Waals surface area (Å²) in [5.74, 6) is 0.975. The number of likely N-dealkylation sites (tertiary alicyclic amines) is 1. The summed E-state index contributed by atoms with van der Waals surface area (Å²) in [7, 11) is 1.74. The van der Waals surface area contributed by atoms with E-state index >= 15 is 0 Å². The van der Waals surface area contributed by atoms with Crippen molar-refractivity contribution in [1.29, 1.82) is 0 Å². The highest BCUT2D eigenvalue weighted by Gasteiger charge is 2.15. The summed E-state index contributed by atoms with van der Waals surface area (Å²) >= 11 is 0. The van der Waals surface area contributed by atoms with Gasteiger partial charge >= 0.3 is 0 Å². The predicted molar refractivity (Wildman–Crippen MR) is 77.5 cm³/mol. The first-order valence-corrected chi connectivity index (χ1v) is 7.28. The second-order valence-electron chi connectivity index (χ2n) is 5.34. The normalized spacial score (nSPS) is 17.8. The number of imidazole rings is 1. The molecule has 1 aromatic heterocycles. The first-order chi connectivity index (χ1) is 9.29. The fraction of sp³-hybridized carbons (Fsp3) is 0.786. The van der Waals surface area contributed by atoms with Crippen molar-refractivity contribution in [1.82, 2.24) is 14.5 Å². The fourth-order valence-corrected chi connectivity index (χ4v) is 2.63. The number of ether oxygens (including phenoxy) is 1. The van der Waals surface area contributed by atoms with Gasteiger partial charge in [-0.05, 0) is 39.3 Å². The topological polar surface area (TPSA) is 42.3 Å². The zero-order chi connectivity index (χ0) is 13.5. The molecule has 0 aromatic carbocycles. The number of rotatable bonds is 8. The molecule has 1 aliphatic rings. The second kappa shape index (κ2) is 7.50. The number of aryl methyl sites for hydroxylation is 1. The van der Waals surface area contributed by atoms with Crippen molar-refractivity contribution in [2.45, 2.75) is 38.8 Å². The molecule has 0 radical (unpaired) electrons. The summed E-state index contributed by atoms with van der Waals surface area (Å²) < 4.78 is 7.26. The van der Waals surface area contributed by atoms with Crippen LogP contribution in [0.25, 0.3) is 0 Å². The van der Waals surface area contributed by atoms with Crippen molar-refractivity contribution in [2.24, 2.45) is 0 Å². The Kier molecular flexibility index (Phi) is 5.66. The summed E-state index contributed by atoms with van der Waals surface area (Å²) in [6, 6.07) is 0.432. The lowest BCUT2D eigenvalue weighted by atomic mass is 10.3. The molecule has 1 unspecified atom stereocenters. The van der Waals surface area contributed by atoms with E-state index in [0.717, 1.165) is 32.1 Å². The standard InChI is InChI=1S/C14H26N4O/c1-13(12-17-7-3-4-8-17)16-14-15-6-10-18(14)9-5-11-19-2/h6,10,13H,3-5,7-9,11-12H2,1-2H3,(H,15,16). The minimum atomic E-state index is 0.432. The fourth-order valence-electron chi connectivity index (χ4n) is 2.63. The minimum absolute atomic E-state index is 0.432. The van der Waals surface area contributed by atoms with Gasteiger partial charge in [0.15, 0.2) is 0 Å². The lowest BCUT2D eigenvalue weighted by Gasteiger charge is -2.22. The molecule has 5 heteroatoms. The van der Waals surface area contributed by atoms with Crippen LogP contribution in [0.2, 0.25) is 0 Å². The van der Waals surface area contributed by atoms with Crippen LogP contribution in [0.3, 0.4) is 0 Å². The largest absolute Gasteiger partial charge is 0.385 e. The van der Waals surface area contributed by atoms with Crippen molar-refractivity contribution in [3.05, 3.63) is 12.4 Å². The van der Waals surface area contributed by atoms with Crippen LogP contribution in [0.5, 0.6) is 0 Å². The third kappa shape index (κ3) is 4.51. The zero-order valence-corrected chi connectivity index (χ0v) is 12.1. The van der Waals surface area contributed by atoms with Crippen molar-refractivity contribution in [3.8, 4) is 0 Å². The van der Waals surface area contributed by atoms with Crippen LogP contribution in [-0.2, 0) is 11.3 Å². The zero-order valence-electron chi connectivity index (χ0n) is 12.1. The molecule has 1 aromatic rings. The Hall–Kier alpha value is -1.07. The molecule has 0 saturated carbocycles. The van der Waals surface area contributed by atoms with E-state index in [1.54, 1.807) is 7.11 Å². The number of nitrogens with one attached hydrogen (secondary N) is 1. The Bertz CT molecular complexity index is 360. The third-order valence-electron chi connectivity index (χ3n) is 3.57. The molecule has 0 spiro atoms. The molecule has 1 fully saturated rings. The van der Waals surface area contributed by atoms with Crippen LogP contribution in [0.4, 0.5) is 5.95 Å². The van der Waals surface area contributed by atoms with Crippen LogP contribution in [0, 0.1) is 0 Å². The van der Waals surface area contributed by atoms with E-state index in [9.17, 15) is 0 Å². The summed E-state index contributed by atoms with van der Waals surface area (Å²) in [5, 5.41) is 3.51. The third-order valence-corrected chi connectivity index (χ3v) is 3.57. The SMILES string of the molecule is COCCCn1ccnc1NC(C)CN1CCCC1. The van der Waals surface area contributed by atoms with E-state index in [1.807, 2.05) is 12.4 Å². The molecule has 1 aliphatic heterocycles. The summed E-state index contributed by atoms with van der Waals surface area (Å²) in [6.07, 6.45) is 7.59. The van der Waals surface area contributed by atoms with Gasteiger partial charge in [-0.1, -0.05) is 0 Å². The van der Waals surface area contributed by atoms with Crippen LogP contribution >= 0.6 is 0 Å². The van der Waals surface area contributed by atoms with E-state index in [1.165, 1.54) is 25.9 Å². The Balaban J connectivity index is 1.78. The van der Waals surface area contributed by atoms with Crippen LogP contribution in [0.15, 0.2) is 12.4 Å². The highest BCUT2D eigenvalue weighted by Crippen LogP contribution is 2.11. The molecule has 2 rings (SSSR count). The number of hydrogen-bond acceptors (Lipinski definition) is 4. The van der Waals surface area contributed by atoms with Crippen molar-refractivity contribution in [2.75, 3.05) is 38.7 Å². The molecule has 1 saturated heterocycles. The summed E-state index contributed by atoms with van der Waals surface area (Å²) in [4.78, 5) is 6.93. The van der Waals surface area contributed by atoms with Gasteiger partial charge in [-0.2, -0.15) is 0 Å². The van der Waals surface area contributed by atoms with E-state index in [4.69, 9.17) is 4.74 Å². The number of hydrogen-bond donors (Lipinski definition) is 1. The van der Waals surface area contributed by atoms with E-state index in [0.29, 0.717) is 6.04 Å². The molecule has 108 valence electrons. The Labute approximate surface area is 116 Å². The first-order valence-electron chi connectivity index (χ1n) is 7.28. The monoisotopic (exact) mass is 266 g/mol. The maximum atomic E-state index is 5.09. The average molecular weight is 266 g/mol. The first kappa shape index (κ1) is 14.3. The number of nitrogens with zero attached hydrogens (tertiary/aromatic N) is 3. The van der Waals surface area contributed by atoms with Gasteiger partial charge in [0, 0.05) is 45.2 Å². The Morgan fingerprint density at radius 3 is 2.95 bits per heavy atom. The molecule has 0 aliphatic carbocycles. The Morgan fingerprint density at radius 2 is 2.21 bits per heavy atom. The molecule has 0 bridgehead atoms. The van der Waals surface area contributed by atoms with Crippen molar-refractivity contribution in [3.63, 3.8) is 0 Å². The maximum absolute atomic E-state index is 5.09. The van der Waals surface area contributed by atoms with E-state index in [2.05, 4.69) is 26.7 Å². The molecule has 1 N–H and O–H groups in total. The smallest absolute Gasteiger partial charge is 0.203 e. The molecule has 19 heavy (non-hydrogen) atoms. The molecule has 5 nitrogen and oxygen atoms in total. The quantitative estimate of drug-likeness (QED) is 0.729. The molecule has 2 heterocycles. The van der Waals surface area contributed by atoms with E-state index in [-0.39, 0.29) is 0 Å². The van der Waals surface area contributed by atoms with Crippen LogP contribution < -0.4 is 5.32 Å². The highest BCUT2D eigenvalue weighted by atomic mass is 16.5. The molecule has 0 amide bonds.